The van der Waals surface area contributed by atoms with E-state index in [2.05, 4.69) is 10.2 Å². The van der Waals surface area contributed by atoms with Crippen molar-refractivity contribution in [2.45, 2.75) is 25.1 Å². The van der Waals surface area contributed by atoms with E-state index in [9.17, 15) is 13.2 Å². The van der Waals surface area contributed by atoms with Crippen molar-refractivity contribution in [1.29, 1.82) is 0 Å². The molecule has 1 heterocycles. The first-order chi connectivity index (χ1) is 9.79. The average Bonchev–Trinajstić information content (AvgIpc) is 2.80. The maximum absolute atomic E-state index is 12.9. The van der Waals surface area contributed by atoms with Gasteiger partial charge in [-0.3, -0.25) is 0 Å². The lowest BCUT2D eigenvalue weighted by Crippen LogP contribution is -2.31. The van der Waals surface area contributed by atoms with Gasteiger partial charge in [-0.05, 0) is 44.6 Å². The highest BCUT2D eigenvalue weighted by Gasteiger charge is 2.34. The fraction of sp³-hybridized carbons (Fsp3) is 0.500. The van der Waals surface area contributed by atoms with Crippen LogP contribution in [0, 0.1) is 0 Å². The number of likely N-dealkylation sites (tertiary alicyclic amines) is 1. The molecule has 2 rings (SSSR count). The molecular weight excluding hydrogens is 299 g/mol. The van der Waals surface area contributed by atoms with Crippen molar-refractivity contribution < 1.29 is 13.2 Å². The Hall–Kier alpha value is -1.34. The Labute approximate surface area is 127 Å². The van der Waals surface area contributed by atoms with E-state index < -0.39 is 11.7 Å². The average molecular weight is 317 g/mol. The Morgan fingerprint density at radius 2 is 2.19 bits per heavy atom. The predicted molar refractivity (Wildman–Crippen MR) is 81.5 cm³/mol. The number of nitrogens with zero attached hydrogens (tertiary/aromatic N) is 1. The number of likely N-dealkylation sites (N-methyl/N-ethyl adjacent to an activating group) is 1. The van der Waals surface area contributed by atoms with Gasteiger partial charge < -0.3 is 16.0 Å². The van der Waals surface area contributed by atoms with Crippen LogP contribution in [0.15, 0.2) is 18.2 Å². The third-order valence-corrected chi connectivity index (χ3v) is 4.02. The number of thiocarbonyl (C=S) groups is 1. The lowest BCUT2D eigenvalue weighted by atomic mass is 10.1. The second-order valence-electron chi connectivity index (χ2n) is 5.28. The molecule has 3 N–H and O–H groups in total. The normalized spacial score (nSPS) is 19.7. The number of nitrogens with one attached hydrogen (secondary N) is 1. The zero-order chi connectivity index (χ0) is 15.6. The van der Waals surface area contributed by atoms with Crippen LogP contribution in [0.25, 0.3) is 0 Å². The van der Waals surface area contributed by atoms with Gasteiger partial charge in [0.05, 0.1) is 5.56 Å². The zero-order valence-electron chi connectivity index (χ0n) is 11.7. The lowest BCUT2D eigenvalue weighted by Gasteiger charge is -2.21. The predicted octanol–water partition coefficient (Wildman–Crippen LogP) is 2.85. The van der Waals surface area contributed by atoms with Gasteiger partial charge in [0.2, 0.25) is 0 Å². The monoisotopic (exact) mass is 317 g/mol. The summed E-state index contributed by atoms with van der Waals surface area (Å²) in [5.74, 6) is 0. The Balaban J connectivity index is 2.14. The van der Waals surface area contributed by atoms with Gasteiger partial charge >= 0.3 is 6.18 Å². The first-order valence-corrected chi connectivity index (χ1v) is 7.15. The van der Waals surface area contributed by atoms with Gasteiger partial charge in [-0.15, -0.1) is 0 Å². The summed E-state index contributed by atoms with van der Waals surface area (Å²) in [7, 11) is 2.05. The van der Waals surface area contributed by atoms with Crippen molar-refractivity contribution in [3.63, 3.8) is 0 Å². The van der Waals surface area contributed by atoms with Crippen LogP contribution >= 0.6 is 12.2 Å². The lowest BCUT2D eigenvalue weighted by molar-refractivity contribution is -0.137. The van der Waals surface area contributed by atoms with E-state index in [1.807, 2.05) is 7.05 Å². The molecule has 21 heavy (non-hydrogen) atoms. The van der Waals surface area contributed by atoms with E-state index in [4.69, 9.17) is 18.0 Å². The first-order valence-electron chi connectivity index (χ1n) is 6.74. The molecule has 116 valence electrons. The van der Waals surface area contributed by atoms with Crippen LogP contribution in [0.2, 0.25) is 0 Å². The summed E-state index contributed by atoms with van der Waals surface area (Å²) in [4.78, 5) is 2.00. The van der Waals surface area contributed by atoms with Crippen molar-refractivity contribution in [3.8, 4) is 0 Å². The minimum Gasteiger partial charge on any atom is -0.389 e. The Morgan fingerprint density at radius 1 is 1.48 bits per heavy atom. The summed E-state index contributed by atoms with van der Waals surface area (Å²) >= 11 is 4.73. The van der Waals surface area contributed by atoms with Crippen molar-refractivity contribution in [1.82, 2.24) is 4.90 Å². The summed E-state index contributed by atoms with van der Waals surface area (Å²) in [5.41, 5.74) is 5.09. The largest absolute Gasteiger partial charge is 0.417 e. The molecule has 0 aliphatic carbocycles. The van der Waals surface area contributed by atoms with Gasteiger partial charge in [0.25, 0.3) is 0 Å². The molecule has 0 bridgehead atoms. The molecule has 1 aliphatic heterocycles. The third kappa shape index (κ3) is 3.85. The van der Waals surface area contributed by atoms with Crippen LogP contribution in [0.1, 0.15) is 24.0 Å². The number of rotatable bonds is 4. The number of anilines is 1. The van der Waals surface area contributed by atoms with Crippen LogP contribution < -0.4 is 11.1 Å². The number of alkyl halides is 3. The highest BCUT2D eigenvalue weighted by Crippen LogP contribution is 2.33. The van der Waals surface area contributed by atoms with Crippen molar-refractivity contribution in [2.75, 3.05) is 25.5 Å². The molecule has 1 fully saturated rings. The summed E-state index contributed by atoms with van der Waals surface area (Å²) < 4.78 is 38.6. The van der Waals surface area contributed by atoms with Gasteiger partial charge in [0.1, 0.15) is 4.99 Å². The summed E-state index contributed by atoms with van der Waals surface area (Å²) in [6.07, 6.45) is -2.22. The molecule has 1 aliphatic rings. The summed E-state index contributed by atoms with van der Waals surface area (Å²) in [5, 5.41) is 3.17. The van der Waals surface area contributed by atoms with Gasteiger partial charge in [-0.25, -0.2) is 0 Å². The molecule has 3 nitrogen and oxygen atoms in total. The van der Waals surface area contributed by atoms with Crippen LogP contribution in [0.5, 0.6) is 0 Å². The first kappa shape index (κ1) is 16.0. The highest BCUT2D eigenvalue weighted by molar-refractivity contribution is 7.80. The smallest absolute Gasteiger partial charge is 0.389 e. The van der Waals surface area contributed by atoms with Crippen molar-refractivity contribution in [3.05, 3.63) is 29.3 Å². The molecule has 1 saturated heterocycles. The minimum absolute atomic E-state index is 0.137. The SMILES string of the molecule is CN1CCCC1CNc1ccc(C(F)(F)F)c(C(N)=S)c1. The quantitative estimate of drug-likeness (QED) is 0.838. The Morgan fingerprint density at radius 3 is 2.71 bits per heavy atom. The fourth-order valence-corrected chi connectivity index (χ4v) is 2.75. The molecule has 7 heteroatoms. The fourth-order valence-electron chi connectivity index (χ4n) is 2.58. The maximum atomic E-state index is 12.9. The molecule has 0 saturated carbocycles. The van der Waals surface area contributed by atoms with E-state index in [1.165, 1.54) is 12.1 Å². The number of benzene rings is 1. The molecule has 0 aromatic heterocycles. The standard InChI is InChI=1S/C14H18F3N3S/c1-20-6-2-3-10(20)8-19-9-4-5-12(14(15,16)17)11(7-9)13(18)21/h4-5,7,10,19H,2-3,6,8H2,1H3,(H2,18,21). The maximum Gasteiger partial charge on any atom is 0.417 e. The molecule has 1 unspecified atom stereocenters. The van der Waals surface area contributed by atoms with Gasteiger partial charge in [-0.2, -0.15) is 13.2 Å². The number of halogens is 3. The van der Waals surface area contributed by atoms with E-state index in [0.717, 1.165) is 25.5 Å². The molecule has 0 amide bonds. The molecule has 1 aromatic rings. The van der Waals surface area contributed by atoms with Gasteiger partial charge in [0.15, 0.2) is 0 Å². The van der Waals surface area contributed by atoms with Gasteiger partial charge in [0, 0.05) is 23.8 Å². The number of hydrogen-bond donors (Lipinski definition) is 2. The second-order valence-corrected chi connectivity index (χ2v) is 5.72. The van der Waals surface area contributed by atoms with E-state index in [1.54, 1.807) is 0 Å². The molecule has 1 aromatic carbocycles. The second kappa shape index (κ2) is 6.19. The van der Waals surface area contributed by atoms with Crippen LogP contribution in [-0.4, -0.2) is 36.1 Å². The van der Waals surface area contributed by atoms with Crippen molar-refractivity contribution in [2.24, 2.45) is 5.73 Å². The Kier molecular flexibility index (Phi) is 4.73. The summed E-state index contributed by atoms with van der Waals surface area (Å²) in [6, 6.07) is 4.22. The molecule has 1 atom stereocenters. The topological polar surface area (TPSA) is 41.3 Å². The van der Waals surface area contributed by atoms with Crippen LogP contribution in [-0.2, 0) is 6.18 Å². The van der Waals surface area contributed by atoms with E-state index in [-0.39, 0.29) is 10.6 Å². The highest BCUT2D eigenvalue weighted by atomic mass is 32.1. The Bertz CT molecular complexity index is 531. The third-order valence-electron chi connectivity index (χ3n) is 3.80. The number of hydrogen-bond acceptors (Lipinski definition) is 3. The van der Waals surface area contributed by atoms with E-state index in [0.29, 0.717) is 18.3 Å². The number of nitrogens with two attached hydrogens (primary N) is 1. The molecule has 0 radical (unpaired) electrons. The van der Waals surface area contributed by atoms with Crippen LogP contribution in [0.4, 0.5) is 18.9 Å². The zero-order valence-corrected chi connectivity index (χ0v) is 12.5. The van der Waals surface area contributed by atoms with E-state index >= 15 is 0 Å². The molecule has 0 spiro atoms. The van der Waals surface area contributed by atoms with Gasteiger partial charge in [-0.1, -0.05) is 12.2 Å². The minimum atomic E-state index is -4.46. The summed E-state index contributed by atoms with van der Waals surface area (Å²) in [6.45, 7) is 1.75. The molecular formula is C14H18F3N3S. The van der Waals surface area contributed by atoms with Crippen LogP contribution in [0.3, 0.4) is 0 Å². The van der Waals surface area contributed by atoms with Crippen molar-refractivity contribution >= 4 is 22.9 Å².